The van der Waals surface area contributed by atoms with Crippen molar-refractivity contribution in [3.8, 4) is 5.75 Å². The third-order valence-corrected chi connectivity index (χ3v) is 3.70. The van der Waals surface area contributed by atoms with Gasteiger partial charge >= 0.3 is 5.97 Å². The second-order valence-electron chi connectivity index (χ2n) is 5.13. The molecule has 5 nitrogen and oxygen atoms in total. The molecule has 3 rings (SSSR count). The van der Waals surface area contributed by atoms with Crippen molar-refractivity contribution in [1.82, 2.24) is 4.90 Å². The Morgan fingerprint density at radius 2 is 2.11 bits per heavy atom. The van der Waals surface area contributed by atoms with Crippen LogP contribution in [0.15, 0.2) is 18.2 Å². The summed E-state index contributed by atoms with van der Waals surface area (Å²) < 4.78 is 10.7. The molecule has 0 radical (unpaired) electrons. The van der Waals surface area contributed by atoms with Crippen molar-refractivity contribution in [2.75, 3.05) is 20.1 Å². The van der Waals surface area contributed by atoms with Gasteiger partial charge in [0.1, 0.15) is 11.9 Å². The number of fused-ring (bicyclic) bond motifs is 1. The molecule has 0 aliphatic carbocycles. The molecule has 2 aliphatic heterocycles. The lowest BCUT2D eigenvalue weighted by Crippen LogP contribution is -2.35. The van der Waals surface area contributed by atoms with E-state index >= 15 is 0 Å². The Labute approximate surface area is 111 Å². The molecule has 2 heterocycles. The number of carbonyl (C=O) groups excluding carboxylic acids is 1. The maximum absolute atomic E-state index is 11.4. The summed E-state index contributed by atoms with van der Waals surface area (Å²) in [5.41, 5.74) is 0.915. The maximum atomic E-state index is 11.4. The highest BCUT2D eigenvalue weighted by atomic mass is 16.6. The Bertz CT molecular complexity index is 494. The van der Waals surface area contributed by atoms with Crippen molar-refractivity contribution in [1.29, 1.82) is 0 Å². The van der Waals surface area contributed by atoms with Gasteiger partial charge in [0.15, 0.2) is 0 Å². The third-order valence-electron chi connectivity index (χ3n) is 3.70. The lowest BCUT2D eigenvalue weighted by Gasteiger charge is -2.29. The number of ether oxygens (including phenoxy) is 2. The van der Waals surface area contributed by atoms with Gasteiger partial charge in [0.2, 0.25) is 6.29 Å². The van der Waals surface area contributed by atoms with Gasteiger partial charge in [0, 0.05) is 18.7 Å². The number of aliphatic hydroxyl groups is 1. The number of likely N-dealkylation sites (tertiary alicyclic amines) is 1. The zero-order valence-corrected chi connectivity index (χ0v) is 10.8. The average molecular weight is 263 g/mol. The van der Waals surface area contributed by atoms with Crippen LogP contribution in [0.2, 0.25) is 0 Å². The van der Waals surface area contributed by atoms with Crippen LogP contribution >= 0.6 is 0 Å². The first-order valence-electron chi connectivity index (χ1n) is 6.51. The number of aliphatic hydroxyl groups excluding tert-OH is 1. The predicted octanol–water partition coefficient (Wildman–Crippen LogP) is 1.32. The zero-order chi connectivity index (χ0) is 13.4. The van der Waals surface area contributed by atoms with Crippen LogP contribution in [-0.4, -0.2) is 42.2 Å². The Kier molecular flexibility index (Phi) is 3.16. The second kappa shape index (κ2) is 4.83. The number of rotatable bonds is 2. The summed E-state index contributed by atoms with van der Waals surface area (Å²) >= 11 is 0. The van der Waals surface area contributed by atoms with Crippen molar-refractivity contribution in [2.24, 2.45) is 0 Å². The smallest absolute Gasteiger partial charge is 0.341 e. The van der Waals surface area contributed by atoms with E-state index in [4.69, 9.17) is 9.47 Å². The standard InChI is InChI=1S/C14H17NO4/c1-15-6-4-9(5-7-15)18-10-2-3-11-12(8-10)14(17)19-13(11)16/h2-3,8-9,14,17H,4-7H2,1H3. The van der Waals surface area contributed by atoms with Crippen LogP contribution in [-0.2, 0) is 4.74 Å². The number of cyclic esters (lactones) is 1. The molecule has 0 spiro atoms. The van der Waals surface area contributed by atoms with Crippen LogP contribution < -0.4 is 4.74 Å². The number of hydrogen-bond donors (Lipinski definition) is 1. The molecule has 102 valence electrons. The van der Waals surface area contributed by atoms with Crippen molar-refractivity contribution in [2.45, 2.75) is 25.2 Å². The van der Waals surface area contributed by atoms with Gasteiger partial charge in [-0.15, -0.1) is 0 Å². The fourth-order valence-corrected chi connectivity index (χ4v) is 2.53. The number of carbonyl (C=O) groups is 1. The molecule has 0 aromatic heterocycles. The van der Waals surface area contributed by atoms with Crippen LogP contribution in [0.3, 0.4) is 0 Å². The lowest BCUT2D eigenvalue weighted by atomic mass is 10.1. The third kappa shape index (κ3) is 2.43. The van der Waals surface area contributed by atoms with Crippen molar-refractivity contribution in [3.05, 3.63) is 29.3 Å². The molecule has 1 unspecified atom stereocenters. The SMILES string of the molecule is CN1CCC(Oc2ccc3c(c2)C(O)OC3=O)CC1. The van der Waals surface area contributed by atoms with Gasteiger partial charge in [-0.25, -0.2) is 4.79 Å². The summed E-state index contributed by atoms with van der Waals surface area (Å²) in [7, 11) is 2.10. The molecule has 5 heteroatoms. The van der Waals surface area contributed by atoms with Crippen molar-refractivity contribution >= 4 is 5.97 Å². The minimum absolute atomic E-state index is 0.199. The normalized spacial score (nSPS) is 24.1. The molecule has 0 bridgehead atoms. The van der Waals surface area contributed by atoms with Crippen molar-refractivity contribution in [3.63, 3.8) is 0 Å². The van der Waals surface area contributed by atoms with Crippen LogP contribution in [0.1, 0.15) is 35.1 Å². The fraction of sp³-hybridized carbons (Fsp3) is 0.500. The maximum Gasteiger partial charge on any atom is 0.341 e. The highest BCUT2D eigenvalue weighted by Gasteiger charge is 2.30. The van der Waals surface area contributed by atoms with E-state index in [1.807, 2.05) is 0 Å². The zero-order valence-electron chi connectivity index (χ0n) is 10.8. The molecule has 1 aromatic rings. The van der Waals surface area contributed by atoms with Gasteiger partial charge in [-0.1, -0.05) is 0 Å². The number of hydrogen-bond acceptors (Lipinski definition) is 5. The molecule has 1 aromatic carbocycles. The molecule has 1 saturated heterocycles. The lowest BCUT2D eigenvalue weighted by molar-refractivity contribution is -0.0549. The van der Waals surface area contributed by atoms with Gasteiger partial charge in [-0.05, 0) is 38.1 Å². The Hall–Kier alpha value is -1.59. The van der Waals surface area contributed by atoms with Gasteiger partial charge in [0.25, 0.3) is 0 Å². The summed E-state index contributed by atoms with van der Waals surface area (Å²) in [6, 6.07) is 5.11. The first-order valence-corrected chi connectivity index (χ1v) is 6.51. The highest BCUT2D eigenvalue weighted by molar-refractivity contribution is 5.94. The van der Waals surface area contributed by atoms with Gasteiger partial charge in [-0.2, -0.15) is 0 Å². The van der Waals surface area contributed by atoms with Crippen LogP contribution in [0.4, 0.5) is 0 Å². The molecule has 0 saturated carbocycles. The summed E-state index contributed by atoms with van der Waals surface area (Å²) in [6.45, 7) is 2.06. The van der Waals surface area contributed by atoms with Crippen LogP contribution in [0, 0.1) is 0 Å². The van der Waals surface area contributed by atoms with E-state index < -0.39 is 12.3 Å². The number of benzene rings is 1. The van der Waals surface area contributed by atoms with Gasteiger partial charge < -0.3 is 19.5 Å². The monoisotopic (exact) mass is 263 g/mol. The topological polar surface area (TPSA) is 59.0 Å². The van der Waals surface area contributed by atoms with E-state index in [0.29, 0.717) is 16.9 Å². The minimum atomic E-state index is -1.16. The minimum Gasteiger partial charge on any atom is -0.490 e. The quantitative estimate of drug-likeness (QED) is 0.815. The van der Waals surface area contributed by atoms with Gasteiger partial charge in [0.05, 0.1) is 5.56 Å². The van der Waals surface area contributed by atoms with Gasteiger partial charge in [-0.3, -0.25) is 0 Å². The number of piperidine rings is 1. The molecule has 1 atom stereocenters. The number of nitrogens with zero attached hydrogens (tertiary/aromatic N) is 1. The summed E-state index contributed by atoms with van der Waals surface area (Å²) in [4.78, 5) is 13.7. The van der Waals surface area contributed by atoms with Crippen LogP contribution in [0.5, 0.6) is 5.75 Å². The highest BCUT2D eigenvalue weighted by Crippen LogP contribution is 2.32. The van der Waals surface area contributed by atoms with E-state index in [1.165, 1.54) is 0 Å². The largest absolute Gasteiger partial charge is 0.490 e. The molecule has 1 fully saturated rings. The van der Waals surface area contributed by atoms with E-state index in [1.54, 1.807) is 18.2 Å². The number of esters is 1. The molecule has 19 heavy (non-hydrogen) atoms. The molecule has 1 N–H and O–H groups in total. The summed E-state index contributed by atoms with van der Waals surface area (Å²) in [6.07, 6.45) is 1.02. The van der Waals surface area contributed by atoms with E-state index in [2.05, 4.69) is 11.9 Å². The molecule has 2 aliphatic rings. The van der Waals surface area contributed by atoms with Crippen LogP contribution in [0.25, 0.3) is 0 Å². The second-order valence-corrected chi connectivity index (χ2v) is 5.13. The Balaban J connectivity index is 1.73. The van der Waals surface area contributed by atoms with E-state index in [0.717, 1.165) is 25.9 Å². The molecular formula is C14H17NO4. The Morgan fingerprint density at radius 3 is 2.84 bits per heavy atom. The summed E-state index contributed by atoms with van der Waals surface area (Å²) in [5, 5.41) is 9.61. The predicted molar refractivity (Wildman–Crippen MR) is 68.0 cm³/mol. The van der Waals surface area contributed by atoms with E-state index in [-0.39, 0.29) is 6.10 Å². The van der Waals surface area contributed by atoms with E-state index in [9.17, 15) is 9.90 Å². The molecule has 0 amide bonds. The first-order chi connectivity index (χ1) is 9.13. The fourth-order valence-electron chi connectivity index (χ4n) is 2.53. The Morgan fingerprint density at radius 1 is 1.37 bits per heavy atom. The summed E-state index contributed by atoms with van der Waals surface area (Å²) in [5.74, 6) is 0.207. The molecular weight excluding hydrogens is 246 g/mol. The first kappa shape index (κ1) is 12.4. The van der Waals surface area contributed by atoms with Crippen molar-refractivity contribution < 1.29 is 19.4 Å². The average Bonchev–Trinajstić information content (AvgIpc) is 2.68.